The number of rotatable bonds is 3. The third kappa shape index (κ3) is 2.65. The summed E-state index contributed by atoms with van der Waals surface area (Å²) < 4.78 is 0. The van der Waals surface area contributed by atoms with Crippen LogP contribution in [-0.4, -0.2) is 18.0 Å². The molecular weight excluding hydrogens is 238 g/mol. The Kier molecular flexibility index (Phi) is 3.48. The molecule has 18 heavy (non-hydrogen) atoms. The van der Waals surface area contributed by atoms with Crippen LogP contribution in [0.15, 0.2) is 35.7 Å². The van der Waals surface area contributed by atoms with Crippen LogP contribution < -0.4 is 0 Å². The van der Waals surface area contributed by atoms with Crippen molar-refractivity contribution in [3.8, 4) is 0 Å². The number of nitrogens with zero attached hydrogens (tertiary/aromatic N) is 1. The van der Waals surface area contributed by atoms with Gasteiger partial charge in [-0.25, -0.2) is 0 Å². The van der Waals surface area contributed by atoms with Crippen LogP contribution in [0.4, 0.5) is 0 Å². The molecule has 0 N–H and O–H groups in total. The lowest BCUT2D eigenvalue weighted by Crippen LogP contribution is -2.32. The minimum atomic E-state index is 1.13. The molecule has 2 aromatic rings. The standard InChI is InChI=1S/C16H19NS/c1-13-4-5-14-6-8-17(12-15(14)11-13)9-7-16-3-2-10-18-16/h2-5,10-11H,6-9,12H2,1H3. The van der Waals surface area contributed by atoms with E-state index in [1.54, 1.807) is 5.56 Å². The molecule has 1 aromatic carbocycles. The van der Waals surface area contributed by atoms with Crippen LogP contribution in [0.1, 0.15) is 21.6 Å². The van der Waals surface area contributed by atoms with Crippen molar-refractivity contribution in [1.82, 2.24) is 4.90 Å². The van der Waals surface area contributed by atoms with E-state index in [1.165, 1.54) is 41.9 Å². The first-order valence-electron chi connectivity index (χ1n) is 6.64. The normalized spacial score (nSPS) is 15.6. The molecule has 94 valence electrons. The Bertz CT molecular complexity index is 516. The second kappa shape index (κ2) is 5.25. The molecule has 1 nitrogen and oxygen atoms in total. The Balaban J connectivity index is 1.63. The SMILES string of the molecule is Cc1ccc2c(c1)CN(CCc1cccs1)CC2. The second-order valence-corrected chi connectivity index (χ2v) is 6.16. The molecule has 0 saturated heterocycles. The van der Waals surface area contributed by atoms with Gasteiger partial charge in [0.05, 0.1) is 0 Å². The van der Waals surface area contributed by atoms with Crippen molar-refractivity contribution < 1.29 is 0 Å². The average molecular weight is 257 g/mol. The van der Waals surface area contributed by atoms with E-state index in [2.05, 4.69) is 47.5 Å². The quantitative estimate of drug-likeness (QED) is 0.811. The monoisotopic (exact) mass is 257 g/mol. The Morgan fingerprint density at radius 2 is 2.17 bits per heavy atom. The maximum absolute atomic E-state index is 2.58. The van der Waals surface area contributed by atoms with Gasteiger partial charge in [-0.2, -0.15) is 0 Å². The van der Waals surface area contributed by atoms with E-state index >= 15 is 0 Å². The van der Waals surface area contributed by atoms with Gasteiger partial charge in [0, 0.05) is 24.5 Å². The number of hydrogen-bond donors (Lipinski definition) is 0. The van der Waals surface area contributed by atoms with Gasteiger partial charge < -0.3 is 0 Å². The highest BCUT2D eigenvalue weighted by Gasteiger charge is 2.15. The number of hydrogen-bond acceptors (Lipinski definition) is 2. The van der Waals surface area contributed by atoms with Gasteiger partial charge in [0.15, 0.2) is 0 Å². The van der Waals surface area contributed by atoms with Gasteiger partial charge in [0.25, 0.3) is 0 Å². The molecule has 0 radical (unpaired) electrons. The Hall–Kier alpha value is -1.12. The van der Waals surface area contributed by atoms with Crippen LogP contribution >= 0.6 is 11.3 Å². The zero-order valence-corrected chi connectivity index (χ0v) is 11.7. The fourth-order valence-corrected chi connectivity index (χ4v) is 3.36. The van der Waals surface area contributed by atoms with E-state index in [9.17, 15) is 0 Å². The van der Waals surface area contributed by atoms with Crippen molar-refractivity contribution in [2.24, 2.45) is 0 Å². The smallest absolute Gasteiger partial charge is 0.0236 e. The molecular formula is C16H19NS. The number of benzene rings is 1. The molecule has 2 heterocycles. The minimum absolute atomic E-state index is 1.13. The summed E-state index contributed by atoms with van der Waals surface area (Å²) in [7, 11) is 0. The lowest BCUT2D eigenvalue weighted by Gasteiger charge is -2.28. The number of thiophene rings is 1. The van der Waals surface area contributed by atoms with E-state index < -0.39 is 0 Å². The lowest BCUT2D eigenvalue weighted by molar-refractivity contribution is 0.258. The number of aryl methyl sites for hydroxylation is 1. The van der Waals surface area contributed by atoms with Crippen molar-refractivity contribution in [2.45, 2.75) is 26.3 Å². The topological polar surface area (TPSA) is 3.24 Å². The Morgan fingerprint density at radius 1 is 1.22 bits per heavy atom. The minimum Gasteiger partial charge on any atom is -0.298 e. The molecule has 1 aliphatic heterocycles. The van der Waals surface area contributed by atoms with Crippen LogP contribution in [0.5, 0.6) is 0 Å². The number of fused-ring (bicyclic) bond motifs is 1. The molecule has 1 aromatic heterocycles. The molecule has 0 bridgehead atoms. The summed E-state index contributed by atoms with van der Waals surface area (Å²) in [5.41, 5.74) is 4.47. The largest absolute Gasteiger partial charge is 0.298 e. The van der Waals surface area contributed by atoms with E-state index in [4.69, 9.17) is 0 Å². The summed E-state index contributed by atoms with van der Waals surface area (Å²) in [5.74, 6) is 0. The molecule has 0 unspecified atom stereocenters. The Labute approximate surface area is 113 Å². The van der Waals surface area contributed by atoms with Crippen molar-refractivity contribution in [3.63, 3.8) is 0 Å². The van der Waals surface area contributed by atoms with Crippen molar-refractivity contribution in [3.05, 3.63) is 57.3 Å². The molecule has 0 spiro atoms. The predicted octanol–water partition coefficient (Wildman–Crippen LogP) is 3.66. The summed E-state index contributed by atoms with van der Waals surface area (Å²) in [5, 5.41) is 2.17. The van der Waals surface area contributed by atoms with Gasteiger partial charge in [-0.15, -0.1) is 11.3 Å². The molecule has 1 aliphatic rings. The van der Waals surface area contributed by atoms with Gasteiger partial charge in [-0.05, 0) is 42.3 Å². The summed E-state index contributed by atoms with van der Waals surface area (Å²) in [4.78, 5) is 4.09. The zero-order valence-electron chi connectivity index (χ0n) is 10.9. The first-order valence-corrected chi connectivity index (χ1v) is 7.52. The van der Waals surface area contributed by atoms with E-state index in [0.29, 0.717) is 0 Å². The third-order valence-electron chi connectivity index (χ3n) is 3.71. The van der Waals surface area contributed by atoms with Crippen LogP contribution in [0, 0.1) is 6.92 Å². The third-order valence-corrected chi connectivity index (χ3v) is 4.64. The predicted molar refractivity (Wildman–Crippen MR) is 78.2 cm³/mol. The van der Waals surface area contributed by atoms with E-state index in [1.807, 2.05) is 11.3 Å². The fourth-order valence-electron chi connectivity index (χ4n) is 2.66. The molecule has 0 atom stereocenters. The molecule has 3 rings (SSSR count). The highest BCUT2D eigenvalue weighted by molar-refractivity contribution is 7.09. The average Bonchev–Trinajstić information content (AvgIpc) is 2.89. The summed E-state index contributed by atoms with van der Waals surface area (Å²) >= 11 is 1.87. The highest BCUT2D eigenvalue weighted by atomic mass is 32.1. The zero-order chi connectivity index (χ0) is 12.4. The first-order chi connectivity index (χ1) is 8.81. The van der Waals surface area contributed by atoms with Gasteiger partial charge >= 0.3 is 0 Å². The molecule has 0 aliphatic carbocycles. The summed E-state index contributed by atoms with van der Waals surface area (Å²) in [6.07, 6.45) is 2.40. The van der Waals surface area contributed by atoms with Gasteiger partial charge in [-0.3, -0.25) is 4.90 Å². The van der Waals surface area contributed by atoms with Crippen LogP contribution in [-0.2, 0) is 19.4 Å². The van der Waals surface area contributed by atoms with Crippen molar-refractivity contribution >= 4 is 11.3 Å². The fraction of sp³-hybridized carbons (Fsp3) is 0.375. The Morgan fingerprint density at radius 3 is 3.00 bits per heavy atom. The van der Waals surface area contributed by atoms with Crippen LogP contribution in [0.3, 0.4) is 0 Å². The van der Waals surface area contributed by atoms with E-state index in [0.717, 1.165) is 6.54 Å². The van der Waals surface area contributed by atoms with Crippen LogP contribution in [0.2, 0.25) is 0 Å². The molecule has 0 fully saturated rings. The molecule has 0 saturated carbocycles. The lowest BCUT2D eigenvalue weighted by atomic mass is 9.98. The van der Waals surface area contributed by atoms with E-state index in [-0.39, 0.29) is 0 Å². The summed E-state index contributed by atoms with van der Waals surface area (Å²) in [6.45, 7) is 5.71. The first kappa shape index (κ1) is 11.9. The van der Waals surface area contributed by atoms with Crippen LogP contribution in [0.25, 0.3) is 0 Å². The second-order valence-electron chi connectivity index (χ2n) is 5.13. The van der Waals surface area contributed by atoms with Gasteiger partial charge in [-0.1, -0.05) is 29.8 Å². The van der Waals surface area contributed by atoms with Crippen molar-refractivity contribution in [2.75, 3.05) is 13.1 Å². The van der Waals surface area contributed by atoms with Gasteiger partial charge in [0.1, 0.15) is 0 Å². The van der Waals surface area contributed by atoms with Crippen molar-refractivity contribution in [1.29, 1.82) is 0 Å². The molecule has 2 heteroatoms. The summed E-state index contributed by atoms with van der Waals surface area (Å²) in [6, 6.07) is 11.3. The maximum Gasteiger partial charge on any atom is 0.0236 e. The highest BCUT2D eigenvalue weighted by Crippen LogP contribution is 2.20. The maximum atomic E-state index is 2.58. The molecule has 0 amide bonds. The van der Waals surface area contributed by atoms with Gasteiger partial charge in [0.2, 0.25) is 0 Å².